The molecule has 2 amide bonds. The third kappa shape index (κ3) is 3.90. The number of halogens is 1. The van der Waals surface area contributed by atoms with Crippen LogP contribution in [0.4, 0.5) is 9.18 Å². The second kappa shape index (κ2) is 7.49. The second-order valence-corrected chi connectivity index (χ2v) is 8.45. The maximum atomic E-state index is 13.4. The Kier molecular flexibility index (Phi) is 5.31. The van der Waals surface area contributed by atoms with Gasteiger partial charge in [0, 0.05) is 7.05 Å². The Morgan fingerprint density at radius 1 is 1.38 bits per heavy atom. The lowest BCUT2D eigenvalue weighted by atomic mass is 10.0. The molecule has 1 unspecified atom stereocenters. The van der Waals surface area contributed by atoms with Crippen LogP contribution < -0.4 is 15.4 Å². The molecule has 1 heterocycles. The molecule has 8 heteroatoms. The minimum absolute atomic E-state index is 0.112. The highest BCUT2D eigenvalue weighted by atomic mass is 32.2. The Morgan fingerprint density at radius 2 is 2.19 bits per heavy atom. The number of benzene rings is 1. The average molecular weight is 380 g/mol. The molecular weight excluding hydrogens is 359 g/mol. The number of hydrogen-bond donors (Lipinski definition) is 2. The summed E-state index contributed by atoms with van der Waals surface area (Å²) in [7, 11) is -2.17. The zero-order chi connectivity index (χ0) is 18.7. The minimum atomic E-state index is -3.70. The molecule has 26 heavy (non-hydrogen) atoms. The molecule has 2 N–H and O–H groups in total. The standard InChI is InChI=1S/C18H21FN2O4S/c1-20-18(22)21-11-14-7-5-12-6-8-16(10-17(12)25-14)26(23,24)15-4-2-3-13(19)9-15/h2-3,6,8-10,14-15H,4-5,7,11H2,1H3,(H2,20,21,22)/t14-,15?/m1/s1. The lowest BCUT2D eigenvalue weighted by Crippen LogP contribution is -2.41. The number of carbonyl (C=O) groups excluding carboxylic acids is 1. The van der Waals surface area contributed by atoms with E-state index in [4.69, 9.17) is 4.74 Å². The average Bonchev–Trinajstić information content (AvgIpc) is 2.65. The van der Waals surface area contributed by atoms with Gasteiger partial charge in [-0.1, -0.05) is 12.1 Å². The lowest BCUT2D eigenvalue weighted by molar-refractivity contribution is 0.169. The predicted molar refractivity (Wildman–Crippen MR) is 95.6 cm³/mol. The van der Waals surface area contributed by atoms with Gasteiger partial charge in [-0.25, -0.2) is 17.6 Å². The van der Waals surface area contributed by atoms with Crippen molar-refractivity contribution >= 4 is 15.9 Å². The molecule has 0 saturated carbocycles. The van der Waals surface area contributed by atoms with Crippen LogP contribution in [-0.2, 0) is 16.3 Å². The van der Waals surface area contributed by atoms with E-state index in [1.165, 1.54) is 25.3 Å². The summed E-state index contributed by atoms with van der Waals surface area (Å²) < 4.78 is 44.9. The van der Waals surface area contributed by atoms with Gasteiger partial charge < -0.3 is 15.4 Å². The van der Waals surface area contributed by atoms with Crippen molar-refractivity contribution in [3.63, 3.8) is 0 Å². The van der Waals surface area contributed by atoms with Crippen LogP contribution in [0.3, 0.4) is 0 Å². The number of amides is 2. The zero-order valence-electron chi connectivity index (χ0n) is 14.4. The van der Waals surface area contributed by atoms with Crippen molar-refractivity contribution in [3.05, 3.63) is 47.8 Å². The molecule has 1 aliphatic carbocycles. The van der Waals surface area contributed by atoms with Crippen LogP contribution in [0.1, 0.15) is 18.4 Å². The monoisotopic (exact) mass is 380 g/mol. The summed E-state index contributed by atoms with van der Waals surface area (Å²) in [5, 5.41) is 4.23. The first-order chi connectivity index (χ1) is 12.4. The first-order valence-electron chi connectivity index (χ1n) is 8.43. The summed E-state index contributed by atoms with van der Waals surface area (Å²) in [5.74, 6) is -0.0452. The van der Waals surface area contributed by atoms with Gasteiger partial charge in [-0.05, 0) is 49.1 Å². The third-order valence-corrected chi connectivity index (χ3v) is 6.54. The van der Waals surface area contributed by atoms with E-state index < -0.39 is 20.9 Å². The number of aryl methyl sites for hydroxylation is 1. The van der Waals surface area contributed by atoms with Crippen LogP contribution in [0, 0.1) is 0 Å². The second-order valence-electron chi connectivity index (χ2n) is 6.28. The molecule has 2 aliphatic rings. The number of hydrogen-bond acceptors (Lipinski definition) is 4. The van der Waals surface area contributed by atoms with Gasteiger partial charge in [0.2, 0.25) is 0 Å². The highest BCUT2D eigenvalue weighted by Crippen LogP contribution is 2.32. The fraction of sp³-hybridized carbons (Fsp3) is 0.389. The first kappa shape index (κ1) is 18.4. The van der Waals surface area contributed by atoms with Crippen molar-refractivity contribution < 1.29 is 22.3 Å². The maximum absolute atomic E-state index is 13.4. The Balaban J connectivity index is 1.78. The largest absolute Gasteiger partial charge is 0.488 e. The van der Waals surface area contributed by atoms with Gasteiger partial charge in [0.05, 0.1) is 16.7 Å². The van der Waals surface area contributed by atoms with Crippen LogP contribution in [-0.4, -0.2) is 39.4 Å². The quantitative estimate of drug-likeness (QED) is 0.839. The zero-order valence-corrected chi connectivity index (χ0v) is 15.2. The number of allylic oxidation sites excluding steroid dienone is 3. The van der Waals surface area contributed by atoms with E-state index in [1.54, 1.807) is 12.1 Å². The number of ether oxygens (including phenoxy) is 1. The van der Waals surface area contributed by atoms with E-state index in [0.29, 0.717) is 12.3 Å². The Labute approximate surface area is 152 Å². The highest BCUT2D eigenvalue weighted by molar-refractivity contribution is 7.92. The summed E-state index contributed by atoms with van der Waals surface area (Å²) in [6, 6.07) is 4.49. The van der Waals surface area contributed by atoms with Crippen LogP contribution >= 0.6 is 0 Å². The fourth-order valence-electron chi connectivity index (χ4n) is 3.03. The number of carbonyl (C=O) groups is 1. The molecule has 3 rings (SSSR count). The molecule has 0 fully saturated rings. The molecule has 1 aliphatic heterocycles. The highest BCUT2D eigenvalue weighted by Gasteiger charge is 2.29. The summed E-state index contributed by atoms with van der Waals surface area (Å²) in [5.41, 5.74) is 0.922. The van der Waals surface area contributed by atoms with Crippen LogP contribution in [0.2, 0.25) is 0 Å². The number of sulfone groups is 1. The Bertz CT molecular complexity index is 864. The summed E-state index contributed by atoms with van der Waals surface area (Å²) in [4.78, 5) is 11.4. The van der Waals surface area contributed by atoms with Gasteiger partial charge in [0.25, 0.3) is 0 Å². The predicted octanol–water partition coefficient (Wildman–Crippen LogP) is 2.26. The van der Waals surface area contributed by atoms with Crippen LogP contribution in [0.15, 0.2) is 47.1 Å². The van der Waals surface area contributed by atoms with Crippen molar-refractivity contribution in [1.29, 1.82) is 0 Å². The molecule has 0 saturated heterocycles. The fourth-order valence-corrected chi connectivity index (χ4v) is 4.58. The number of nitrogens with one attached hydrogen (secondary N) is 2. The minimum Gasteiger partial charge on any atom is -0.488 e. The van der Waals surface area contributed by atoms with Gasteiger partial charge in [0.1, 0.15) is 17.7 Å². The smallest absolute Gasteiger partial charge is 0.314 e. The number of rotatable bonds is 4. The maximum Gasteiger partial charge on any atom is 0.314 e. The van der Waals surface area contributed by atoms with Gasteiger partial charge >= 0.3 is 6.03 Å². The molecule has 1 aromatic carbocycles. The molecule has 0 radical (unpaired) electrons. The normalized spacial score (nSPS) is 22.0. The van der Waals surface area contributed by atoms with Crippen molar-refractivity contribution in [3.8, 4) is 5.75 Å². The van der Waals surface area contributed by atoms with E-state index >= 15 is 0 Å². The first-order valence-corrected chi connectivity index (χ1v) is 9.97. The molecule has 0 aromatic heterocycles. The molecule has 6 nitrogen and oxygen atoms in total. The van der Waals surface area contributed by atoms with E-state index in [2.05, 4.69) is 10.6 Å². The number of urea groups is 1. The SMILES string of the molecule is CNC(=O)NC[C@H]1CCc2ccc(S(=O)(=O)C3C=C(F)C=CC3)cc2O1. The van der Waals surface area contributed by atoms with Crippen molar-refractivity contribution in [1.82, 2.24) is 10.6 Å². The summed E-state index contributed by atoms with van der Waals surface area (Å²) in [6.07, 6.45) is 5.39. The molecule has 0 spiro atoms. The van der Waals surface area contributed by atoms with Crippen molar-refractivity contribution in [2.45, 2.75) is 35.5 Å². The van der Waals surface area contributed by atoms with Gasteiger partial charge in [-0.15, -0.1) is 0 Å². The van der Waals surface area contributed by atoms with E-state index in [0.717, 1.165) is 24.5 Å². The topological polar surface area (TPSA) is 84.5 Å². The molecule has 0 bridgehead atoms. The summed E-state index contributed by atoms with van der Waals surface area (Å²) >= 11 is 0. The van der Waals surface area contributed by atoms with E-state index in [1.807, 2.05) is 0 Å². The van der Waals surface area contributed by atoms with Crippen LogP contribution in [0.5, 0.6) is 5.75 Å². The number of fused-ring (bicyclic) bond motifs is 1. The van der Waals surface area contributed by atoms with Gasteiger partial charge in [-0.2, -0.15) is 0 Å². The summed E-state index contributed by atoms with van der Waals surface area (Å²) in [6.45, 7) is 0.331. The molecule has 2 atom stereocenters. The Hall–Kier alpha value is -2.35. The van der Waals surface area contributed by atoms with Crippen molar-refractivity contribution in [2.75, 3.05) is 13.6 Å². The molecule has 140 valence electrons. The van der Waals surface area contributed by atoms with E-state index in [-0.39, 0.29) is 23.5 Å². The third-order valence-electron chi connectivity index (χ3n) is 4.50. The van der Waals surface area contributed by atoms with Crippen molar-refractivity contribution in [2.24, 2.45) is 0 Å². The van der Waals surface area contributed by atoms with Crippen LogP contribution in [0.25, 0.3) is 0 Å². The van der Waals surface area contributed by atoms with Gasteiger partial charge in [-0.3, -0.25) is 0 Å². The Morgan fingerprint density at radius 3 is 2.92 bits per heavy atom. The molecule has 1 aromatic rings. The van der Waals surface area contributed by atoms with E-state index in [9.17, 15) is 17.6 Å². The lowest BCUT2D eigenvalue weighted by Gasteiger charge is -2.27. The molecular formula is C18H21FN2O4S. The van der Waals surface area contributed by atoms with Gasteiger partial charge in [0.15, 0.2) is 9.84 Å².